The van der Waals surface area contributed by atoms with Crippen molar-refractivity contribution in [1.29, 1.82) is 0 Å². The summed E-state index contributed by atoms with van der Waals surface area (Å²) in [4.78, 5) is 20.4. The summed E-state index contributed by atoms with van der Waals surface area (Å²) in [5.74, 6) is 0.116. The molecule has 2 aromatic heterocycles. The van der Waals surface area contributed by atoms with E-state index in [9.17, 15) is 4.79 Å². The monoisotopic (exact) mass is 303 g/mol. The molecule has 110 valence electrons. The number of carbonyl (C=O) groups excluding carboxylic acids is 1. The molecule has 0 bridgehead atoms. The minimum Gasteiger partial charge on any atom is -0.381 e. The van der Waals surface area contributed by atoms with Gasteiger partial charge in [-0.3, -0.25) is 9.78 Å². The maximum atomic E-state index is 11.8. The predicted octanol–water partition coefficient (Wildman–Crippen LogP) is 1.90. The molecule has 3 heterocycles. The van der Waals surface area contributed by atoms with Crippen molar-refractivity contribution in [3.05, 3.63) is 35.6 Å². The largest absolute Gasteiger partial charge is 0.381 e. The first kappa shape index (κ1) is 14.2. The Morgan fingerprint density at radius 2 is 2.29 bits per heavy atom. The van der Waals surface area contributed by atoms with Crippen molar-refractivity contribution in [2.75, 3.05) is 19.8 Å². The molecule has 6 heteroatoms. The molecule has 3 rings (SSSR count). The van der Waals surface area contributed by atoms with E-state index in [0.717, 1.165) is 29.1 Å². The summed E-state index contributed by atoms with van der Waals surface area (Å²) in [6.45, 7) is 1.86. The molecular formula is C15H17N3O2S. The molecule has 1 aliphatic rings. The number of thiazole rings is 1. The quantitative estimate of drug-likeness (QED) is 0.916. The topological polar surface area (TPSA) is 64.1 Å². The highest BCUT2D eigenvalue weighted by Crippen LogP contribution is 2.22. The van der Waals surface area contributed by atoms with E-state index in [0.29, 0.717) is 19.8 Å². The Morgan fingerprint density at radius 1 is 1.43 bits per heavy atom. The van der Waals surface area contributed by atoms with Gasteiger partial charge in [0, 0.05) is 42.9 Å². The van der Waals surface area contributed by atoms with Gasteiger partial charge >= 0.3 is 0 Å². The fourth-order valence-electron chi connectivity index (χ4n) is 2.25. The van der Waals surface area contributed by atoms with Crippen LogP contribution in [0.25, 0.3) is 10.6 Å². The van der Waals surface area contributed by atoms with Crippen LogP contribution in [0.15, 0.2) is 29.9 Å². The predicted molar refractivity (Wildman–Crippen MR) is 81.0 cm³/mol. The van der Waals surface area contributed by atoms with Crippen molar-refractivity contribution in [2.24, 2.45) is 5.92 Å². The highest BCUT2D eigenvalue weighted by atomic mass is 32.1. The van der Waals surface area contributed by atoms with Crippen LogP contribution in [-0.4, -0.2) is 35.6 Å². The number of nitrogens with zero attached hydrogens (tertiary/aromatic N) is 2. The van der Waals surface area contributed by atoms with E-state index in [4.69, 9.17) is 4.74 Å². The van der Waals surface area contributed by atoms with Crippen LogP contribution >= 0.6 is 11.3 Å². The molecule has 0 aliphatic carbocycles. The summed E-state index contributed by atoms with van der Waals surface area (Å²) in [5.41, 5.74) is 2.09. The van der Waals surface area contributed by atoms with Gasteiger partial charge in [-0.25, -0.2) is 4.98 Å². The SMILES string of the molecule is O=C(NCCc1csc(-c2ccncc2)n1)[C@@H]1CCOC1. The average Bonchev–Trinajstić information content (AvgIpc) is 3.20. The van der Waals surface area contributed by atoms with Crippen molar-refractivity contribution < 1.29 is 9.53 Å². The first-order chi connectivity index (χ1) is 10.3. The Hall–Kier alpha value is -1.79. The van der Waals surface area contributed by atoms with E-state index in [-0.39, 0.29) is 11.8 Å². The van der Waals surface area contributed by atoms with Crippen molar-refractivity contribution in [3.63, 3.8) is 0 Å². The van der Waals surface area contributed by atoms with E-state index in [1.807, 2.05) is 17.5 Å². The van der Waals surface area contributed by atoms with E-state index < -0.39 is 0 Å². The summed E-state index contributed by atoms with van der Waals surface area (Å²) >= 11 is 1.62. The van der Waals surface area contributed by atoms with Crippen LogP contribution in [0.4, 0.5) is 0 Å². The lowest BCUT2D eigenvalue weighted by molar-refractivity contribution is -0.124. The fourth-order valence-corrected chi connectivity index (χ4v) is 3.11. The second-order valence-corrected chi connectivity index (χ2v) is 5.84. The third kappa shape index (κ3) is 3.65. The van der Waals surface area contributed by atoms with Gasteiger partial charge < -0.3 is 10.1 Å². The third-order valence-corrected chi connectivity index (χ3v) is 4.40. The minimum absolute atomic E-state index is 0.0211. The molecule has 2 aromatic rings. The summed E-state index contributed by atoms with van der Waals surface area (Å²) in [6.07, 6.45) is 5.11. The zero-order valence-corrected chi connectivity index (χ0v) is 12.4. The molecule has 0 spiro atoms. The summed E-state index contributed by atoms with van der Waals surface area (Å²) < 4.78 is 5.22. The van der Waals surface area contributed by atoms with Crippen molar-refractivity contribution in [2.45, 2.75) is 12.8 Å². The van der Waals surface area contributed by atoms with Gasteiger partial charge in [-0.05, 0) is 18.6 Å². The van der Waals surface area contributed by atoms with Gasteiger partial charge in [-0.2, -0.15) is 0 Å². The molecule has 1 saturated heterocycles. The van der Waals surface area contributed by atoms with Crippen LogP contribution in [0.3, 0.4) is 0 Å². The van der Waals surface area contributed by atoms with Gasteiger partial charge in [0.25, 0.3) is 0 Å². The maximum absolute atomic E-state index is 11.8. The number of pyridine rings is 1. The second kappa shape index (κ2) is 6.78. The van der Waals surface area contributed by atoms with Gasteiger partial charge in [-0.15, -0.1) is 11.3 Å². The van der Waals surface area contributed by atoms with E-state index in [1.54, 1.807) is 23.7 Å². The first-order valence-electron chi connectivity index (χ1n) is 7.03. The zero-order valence-electron chi connectivity index (χ0n) is 11.6. The number of rotatable bonds is 5. The maximum Gasteiger partial charge on any atom is 0.225 e. The van der Waals surface area contributed by atoms with Crippen LogP contribution < -0.4 is 5.32 Å². The molecule has 0 aromatic carbocycles. The molecule has 0 saturated carbocycles. The fraction of sp³-hybridized carbons (Fsp3) is 0.400. The number of ether oxygens (including phenoxy) is 1. The van der Waals surface area contributed by atoms with Crippen LogP contribution in [0.2, 0.25) is 0 Å². The average molecular weight is 303 g/mol. The van der Waals surface area contributed by atoms with Gasteiger partial charge in [0.15, 0.2) is 0 Å². The molecule has 0 radical (unpaired) electrons. The van der Waals surface area contributed by atoms with Crippen molar-refractivity contribution in [1.82, 2.24) is 15.3 Å². The number of hydrogen-bond donors (Lipinski definition) is 1. The normalized spacial score (nSPS) is 17.8. The number of aromatic nitrogens is 2. The molecule has 1 atom stereocenters. The summed E-state index contributed by atoms with van der Waals surface area (Å²) in [7, 11) is 0. The Morgan fingerprint density at radius 3 is 3.05 bits per heavy atom. The smallest absolute Gasteiger partial charge is 0.225 e. The molecule has 1 fully saturated rings. The highest BCUT2D eigenvalue weighted by molar-refractivity contribution is 7.13. The van der Waals surface area contributed by atoms with Crippen LogP contribution in [0.5, 0.6) is 0 Å². The van der Waals surface area contributed by atoms with Crippen molar-refractivity contribution >= 4 is 17.2 Å². The van der Waals surface area contributed by atoms with E-state index in [2.05, 4.69) is 15.3 Å². The number of amides is 1. The van der Waals surface area contributed by atoms with E-state index >= 15 is 0 Å². The van der Waals surface area contributed by atoms with Crippen molar-refractivity contribution in [3.8, 4) is 10.6 Å². The standard InChI is InChI=1S/C15H17N3O2S/c19-14(12-4-8-20-9-12)17-7-3-13-10-21-15(18-13)11-1-5-16-6-2-11/h1-2,5-6,10,12H,3-4,7-9H2,(H,17,19)/t12-/m1/s1. The van der Waals surface area contributed by atoms with Gasteiger partial charge in [-0.1, -0.05) is 0 Å². The lowest BCUT2D eigenvalue weighted by Gasteiger charge is -2.08. The zero-order chi connectivity index (χ0) is 14.5. The Bertz CT molecular complexity index is 594. The minimum atomic E-state index is 0.0211. The number of nitrogens with one attached hydrogen (secondary N) is 1. The number of carbonyl (C=O) groups is 1. The molecule has 21 heavy (non-hydrogen) atoms. The molecule has 1 amide bonds. The first-order valence-corrected chi connectivity index (χ1v) is 7.91. The van der Waals surface area contributed by atoms with Gasteiger partial charge in [0.1, 0.15) is 5.01 Å². The lowest BCUT2D eigenvalue weighted by atomic mass is 10.1. The Kier molecular flexibility index (Phi) is 4.57. The Balaban J connectivity index is 1.50. The van der Waals surface area contributed by atoms with Crippen LogP contribution in [0.1, 0.15) is 12.1 Å². The lowest BCUT2D eigenvalue weighted by Crippen LogP contribution is -2.32. The molecule has 1 N–H and O–H groups in total. The molecule has 5 nitrogen and oxygen atoms in total. The molecular weight excluding hydrogens is 286 g/mol. The summed E-state index contributed by atoms with van der Waals surface area (Å²) in [6, 6.07) is 3.90. The van der Waals surface area contributed by atoms with Crippen LogP contribution in [0, 0.1) is 5.92 Å². The third-order valence-electron chi connectivity index (χ3n) is 3.46. The molecule has 1 aliphatic heterocycles. The highest BCUT2D eigenvalue weighted by Gasteiger charge is 2.22. The van der Waals surface area contributed by atoms with Crippen LogP contribution in [-0.2, 0) is 16.0 Å². The van der Waals surface area contributed by atoms with Gasteiger partial charge in [0.05, 0.1) is 18.2 Å². The second-order valence-electron chi connectivity index (χ2n) is 4.98. The van der Waals surface area contributed by atoms with Gasteiger partial charge in [0.2, 0.25) is 5.91 Å². The number of hydrogen-bond acceptors (Lipinski definition) is 5. The van der Waals surface area contributed by atoms with E-state index in [1.165, 1.54) is 0 Å². The Labute approximate surface area is 127 Å². The molecule has 0 unspecified atom stereocenters. The summed E-state index contributed by atoms with van der Waals surface area (Å²) in [5, 5.41) is 5.99.